The highest BCUT2D eigenvalue weighted by molar-refractivity contribution is 8.18. The standard InChI is InChI=1S/C29H32N4O2S2/c1-4-5-15-36-25-13-11-22(12-14-25)27-23(19-33(31-27)24-9-7-6-8-10-24)16-26-28(34)30-29(37-26)32-17-20(2)35-21(3)18-32/h6-14,16,19-21H,4-5,15,17-18H2,1-3H3/b26-16-/t20-,21+. The molecule has 2 atom stereocenters. The Morgan fingerprint density at radius 1 is 1.08 bits per heavy atom. The van der Waals surface area contributed by atoms with Crippen LogP contribution in [0.15, 0.2) is 75.6 Å². The highest BCUT2D eigenvalue weighted by atomic mass is 32.2. The number of hydrogen-bond donors (Lipinski definition) is 0. The van der Waals surface area contributed by atoms with Gasteiger partial charge in [0, 0.05) is 35.3 Å². The fraction of sp³-hybridized carbons (Fsp3) is 0.345. The van der Waals surface area contributed by atoms with E-state index in [-0.39, 0.29) is 18.1 Å². The van der Waals surface area contributed by atoms with E-state index in [1.165, 1.54) is 29.5 Å². The molecule has 2 aliphatic rings. The Balaban J connectivity index is 1.44. The molecule has 2 aliphatic heterocycles. The Morgan fingerprint density at radius 3 is 2.51 bits per heavy atom. The molecule has 3 aromatic rings. The number of unbranched alkanes of at least 4 members (excludes halogenated alkanes) is 1. The number of aliphatic imine (C=N–C) groups is 1. The molecule has 1 fully saturated rings. The van der Waals surface area contributed by atoms with Crippen LogP contribution >= 0.6 is 23.5 Å². The van der Waals surface area contributed by atoms with Crippen LogP contribution < -0.4 is 0 Å². The number of nitrogens with zero attached hydrogens (tertiary/aromatic N) is 4. The van der Waals surface area contributed by atoms with Crippen LogP contribution in [0, 0.1) is 0 Å². The lowest BCUT2D eigenvalue weighted by Crippen LogP contribution is -2.47. The third-order valence-corrected chi connectivity index (χ3v) is 8.39. The topological polar surface area (TPSA) is 59.7 Å². The van der Waals surface area contributed by atoms with Crippen molar-refractivity contribution in [3.63, 3.8) is 0 Å². The summed E-state index contributed by atoms with van der Waals surface area (Å²) in [6.07, 6.45) is 6.55. The van der Waals surface area contributed by atoms with Crippen molar-refractivity contribution in [1.82, 2.24) is 14.7 Å². The molecule has 0 saturated carbocycles. The zero-order chi connectivity index (χ0) is 25.8. The van der Waals surface area contributed by atoms with E-state index in [9.17, 15) is 4.79 Å². The smallest absolute Gasteiger partial charge is 0.286 e. The third-order valence-electron chi connectivity index (χ3n) is 6.24. The molecule has 0 N–H and O–H groups in total. The zero-order valence-electron chi connectivity index (χ0n) is 21.5. The molecule has 1 saturated heterocycles. The predicted molar refractivity (Wildman–Crippen MR) is 154 cm³/mol. The second-order valence-electron chi connectivity index (χ2n) is 9.41. The summed E-state index contributed by atoms with van der Waals surface area (Å²) < 4.78 is 7.73. The van der Waals surface area contributed by atoms with Crippen molar-refractivity contribution in [2.45, 2.75) is 50.7 Å². The molecule has 192 valence electrons. The van der Waals surface area contributed by atoms with Crippen molar-refractivity contribution in [2.24, 2.45) is 4.99 Å². The molecule has 37 heavy (non-hydrogen) atoms. The van der Waals surface area contributed by atoms with Gasteiger partial charge in [-0.15, -0.1) is 11.8 Å². The number of aromatic nitrogens is 2. The first kappa shape index (κ1) is 25.8. The van der Waals surface area contributed by atoms with Gasteiger partial charge in [0.15, 0.2) is 5.17 Å². The predicted octanol–water partition coefficient (Wildman–Crippen LogP) is 6.51. The van der Waals surface area contributed by atoms with Crippen LogP contribution in [-0.4, -0.2) is 56.8 Å². The van der Waals surface area contributed by atoms with Gasteiger partial charge < -0.3 is 9.64 Å². The van der Waals surface area contributed by atoms with Crippen LogP contribution in [0.2, 0.25) is 0 Å². The molecule has 0 aliphatic carbocycles. The summed E-state index contributed by atoms with van der Waals surface area (Å²) in [5.74, 6) is 0.922. The minimum atomic E-state index is -0.201. The SMILES string of the molecule is CCCCSc1ccc(-c2nn(-c3ccccc3)cc2/C=C2\SC(N3C[C@@H](C)O[C@@H](C)C3)=NC2=O)cc1. The number of para-hydroxylation sites is 1. The van der Waals surface area contributed by atoms with E-state index in [1.54, 1.807) is 0 Å². The second kappa shape index (κ2) is 11.7. The van der Waals surface area contributed by atoms with Crippen molar-refractivity contribution in [3.05, 3.63) is 71.3 Å². The lowest BCUT2D eigenvalue weighted by molar-refractivity contribution is -0.113. The van der Waals surface area contributed by atoms with Gasteiger partial charge in [-0.25, -0.2) is 4.68 Å². The number of thioether (sulfide) groups is 2. The Bertz CT molecular complexity index is 1290. The van der Waals surface area contributed by atoms with Crippen molar-refractivity contribution in [3.8, 4) is 16.9 Å². The number of morpholine rings is 1. The van der Waals surface area contributed by atoms with Crippen molar-refractivity contribution in [1.29, 1.82) is 0 Å². The summed E-state index contributed by atoms with van der Waals surface area (Å²) in [4.78, 5) is 21.3. The van der Waals surface area contributed by atoms with Crippen LogP contribution in [-0.2, 0) is 9.53 Å². The minimum absolute atomic E-state index is 0.106. The molecule has 8 heteroatoms. The summed E-state index contributed by atoms with van der Waals surface area (Å²) in [5, 5.41) is 5.69. The van der Waals surface area contributed by atoms with E-state index >= 15 is 0 Å². The number of benzene rings is 2. The van der Waals surface area contributed by atoms with Gasteiger partial charge in [0.25, 0.3) is 5.91 Å². The number of carbonyl (C=O) groups excluding carboxylic acids is 1. The average Bonchev–Trinajstić information content (AvgIpc) is 3.48. The minimum Gasteiger partial charge on any atom is -0.372 e. The van der Waals surface area contributed by atoms with E-state index in [4.69, 9.17) is 9.84 Å². The number of amides is 1. The first-order valence-electron chi connectivity index (χ1n) is 12.8. The molecule has 0 unspecified atom stereocenters. The van der Waals surface area contributed by atoms with E-state index in [0.29, 0.717) is 4.91 Å². The molecule has 5 rings (SSSR count). The lowest BCUT2D eigenvalue weighted by atomic mass is 10.1. The summed E-state index contributed by atoms with van der Waals surface area (Å²) in [6.45, 7) is 7.79. The molecule has 1 amide bonds. The van der Waals surface area contributed by atoms with E-state index in [1.807, 2.05) is 59.0 Å². The molecule has 3 heterocycles. The monoisotopic (exact) mass is 532 g/mol. The number of hydrogen-bond acceptors (Lipinski definition) is 6. The summed E-state index contributed by atoms with van der Waals surface area (Å²) >= 11 is 3.32. The summed E-state index contributed by atoms with van der Waals surface area (Å²) in [7, 11) is 0. The fourth-order valence-corrected chi connectivity index (χ4v) is 6.40. The average molecular weight is 533 g/mol. The molecule has 0 bridgehead atoms. The molecule has 0 spiro atoms. The zero-order valence-corrected chi connectivity index (χ0v) is 23.1. The fourth-order valence-electron chi connectivity index (χ4n) is 4.48. The van der Waals surface area contributed by atoms with Crippen LogP contribution in [0.3, 0.4) is 0 Å². The van der Waals surface area contributed by atoms with Gasteiger partial charge in [-0.05, 0) is 68.1 Å². The van der Waals surface area contributed by atoms with Crippen molar-refractivity contribution < 1.29 is 9.53 Å². The van der Waals surface area contributed by atoms with Crippen molar-refractivity contribution >= 4 is 40.7 Å². The maximum Gasteiger partial charge on any atom is 0.286 e. The molecule has 2 aromatic carbocycles. The Hall–Kier alpha value is -2.81. The largest absolute Gasteiger partial charge is 0.372 e. The summed E-state index contributed by atoms with van der Waals surface area (Å²) in [5.41, 5.74) is 3.73. The van der Waals surface area contributed by atoms with Crippen LogP contribution in [0.1, 0.15) is 39.2 Å². The molecule has 6 nitrogen and oxygen atoms in total. The summed E-state index contributed by atoms with van der Waals surface area (Å²) in [6, 6.07) is 18.6. The Kier molecular flexibility index (Phi) is 8.17. The van der Waals surface area contributed by atoms with Gasteiger partial charge in [-0.2, -0.15) is 10.1 Å². The normalized spacial score (nSPS) is 21.1. The molecular weight excluding hydrogens is 500 g/mol. The van der Waals surface area contributed by atoms with Crippen LogP contribution in [0.5, 0.6) is 0 Å². The van der Waals surface area contributed by atoms with Gasteiger partial charge in [0.2, 0.25) is 0 Å². The maximum atomic E-state index is 12.9. The van der Waals surface area contributed by atoms with E-state index in [0.717, 1.165) is 46.5 Å². The van der Waals surface area contributed by atoms with Gasteiger partial charge in [-0.3, -0.25) is 4.79 Å². The van der Waals surface area contributed by atoms with Crippen molar-refractivity contribution in [2.75, 3.05) is 18.8 Å². The first-order valence-corrected chi connectivity index (χ1v) is 14.6. The number of carbonyl (C=O) groups is 1. The van der Waals surface area contributed by atoms with Crippen LogP contribution in [0.25, 0.3) is 23.0 Å². The third kappa shape index (κ3) is 6.20. The number of ether oxygens (including phenoxy) is 1. The van der Waals surface area contributed by atoms with E-state index < -0.39 is 0 Å². The van der Waals surface area contributed by atoms with Crippen LogP contribution in [0.4, 0.5) is 0 Å². The van der Waals surface area contributed by atoms with Gasteiger partial charge in [0.1, 0.15) is 0 Å². The Morgan fingerprint density at radius 2 is 1.81 bits per heavy atom. The quantitative estimate of drug-likeness (QED) is 0.196. The molecule has 1 aromatic heterocycles. The second-order valence-corrected chi connectivity index (χ2v) is 11.6. The molecule has 0 radical (unpaired) electrons. The first-order chi connectivity index (χ1) is 18.0. The maximum absolute atomic E-state index is 12.9. The van der Waals surface area contributed by atoms with Gasteiger partial charge in [0.05, 0.1) is 28.5 Å². The number of rotatable bonds is 7. The highest BCUT2D eigenvalue weighted by Gasteiger charge is 2.31. The van der Waals surface area contributed by atoms with E-state index in [2.05, 4.69) is 54.9 Å². The molecular formula is C29H32N4O2S2. The van der Waals surface area contributed by atoms with Gasteiger partial charge >= 0.3 is 0 Å². The number of amidine groups is 1. The Labute approximate surface area is 227 Å². The lowest BCUT2D eigenvalue weighted by Gasteiger charge is -2.35. The van der Waals surface area contributed by atoms with Gasteiger partial charge in [-0.1, -0.05) is 43.7 Å². The highest BCUT2D eigenvalue weighted by Crippen LogP contribution is 2.34.